The van der Waals surface area contributed by atoms with Crippen molar-refractivity contribution in [1.82, 2.24) is 0 Å². The molecule has 4 nitrogen and oxygen atoms in total. The maximum absolute atomic E-state index is 11.0. The van der Waals surface area contributed by atoms with Crippen LogP contribution in [0.2, 0.25) is 0 Å². The van der Waals surface area contributed by atoms with Gasteiger partial charge in [-0.3, -0.25) is 9.59 Å². The predicted molar refractivity (Wildman–Crippen MR) is 107 cm³/mol. The molecule has 0 aliphatic heterocycles. The highest BCUT2D eigenvalue weighted by Gasteiger charge is 2.20. The highest BCUT2D eigenvalue weighted by molar-refractivity contribution is 5.77. The molecule has 0 saturated heterocycles. The standard InChI is InChI=1S/C22H42O4/c1-3-5-6-8-11-15-19(14-4-2)16-12-9-7-10-13-17-20(22(25)26)18-21(23)24/h19-20H,3-18H2,1-2H3,(H,23,24)(H,25,26). The van der Waals surface area contributed by atoms with Crippen LogP contribution in [0.5, 0.6) is 0 Å². The van der Waals surface area contributed by atoms with Gasteiger partial charge in [-0.2, -0.15) is 0 Å². The van der Waals surface area contributed by atoms with Crippen LogP contribution in [-0.4, -0.2) is 22.2 Å². The Bertz CT molecular complexity index is 354. The van der Waals surface area contributed by atoms with E-state index in [1.165, 1.54) is 70.6 Å². The summed E-state index contributed by atoms with van der Waals surface area (Å²) >= 11 is 0. The molecule has 4 heteroatoms. The van der Waals surface area contributed by atoms with Crippen LogP contribution in [0.4, 0.5) is 0 Å². The van der Waals surface area contributed by atoms with Crippen LogP contribution in [0.1, 0.15) is 117 Å². The molecule has 26 heavy (non-hydrogen) atoms. The Morgan fingerprint density at radius 1 is 0.654 bits per heavy atom. The number of unbranched alkanes of at least 4 members (excludes halogenated alkanes) is 8. The molecular formula is C22H42O4. The van der Waals surface area contributed by atoms with E-state index in [0.717, 1.165) is 25.2 Å². The third-order valence-electron chi connectivity index (χ3n) is 5.35. The first-order chi connectivity index (χ1) is 12.5. The van der Waals surface area contributed by atoms with Crippen molar-refractivity contribution < 1.29 is 19.8 Å². The van der Waals surface area contributed by atoms with Crippen LogP contribution in [0.25, 0.3) is 0 Å². The Morgan fingerprint density at radius 2 is 1.15 bits per heavy atom. The maximum Gasteiger partial charge on any atom is 0.307 e. The number of rotatable bonds is 19. The molecule has 0 fully saturated rings. The molecule has 2 atom stereocenters. The van der Waals surface area contributed by atoms with Gasteiger partial charge >= 0.3 is 11.9 Å². The van der Waals surface area contributed by atoms with Crippen molar-refractivity contribution in [3.63, 3.8) is 0 Å². The topological polar surface area (TPSA) is 74.6 Å². The summed E-state index contributed by atoms with van der Waals surface area (Å²) in [6.45, 7) is 4.54. The van der Waals surface area contributed by atoms with E-state index in [1.807, 2.05) is 0 Å². The van der Waals surface area contributed by atoms with E-state index >= 15 is 0 Å². The summed E-state index contributed by atoms with van der Waals surface area (Å²) in [5.41, 5.74) is 0. The highest BCUT2D eigenvalue weighted by Crippen LogP contribution is 2.23. The van der Waals surface area contributed by atoms with Gasteiger partial charge < -0.3 is 10.2 Å². The second-order valence-corrected chi connectivity index (χ2v) is 7.84. The zero-order chi connectivity index (χ0) is 19.6. The number of carboxylic acid groups (broad SMARTS) is 2. The molecule has 2 unspecified atom stereocenters. The van der Waals surface area contributed by atoms with Gasteiger partial charge in [0.2, 0.25) is 0 Å². The fraction of sp³-hybridized carbons (Fsp3) is 0.909. The zero-order valence-corrected chi connectivity index (χ0v) is 17.2. The summed E-state index contributed by atoms with van der Waals surface area (Å²) in [6.07, 6.45) is 17.8. The van der Waals surface area contributed by atoms with Gasteiger partial charge in [-0.25, -0.2) is 0 Å². The summed E-state index contributed by atoms with van der Waals surface area (Å²) in [6, 6.07) is 0. The fourth-order valence-corrected chi connectivity index (χ4v) is 3.76. The summed E-state index contributed by atoms with van der Waals surface area (Å²) < 4.78 is 0. The first-order valence-corrected chi connectivity index (χ1v) is 11.0. The average molecular weight is 371 g/mol. The molecule has 2 N–H and O–H groups in total. The maximum atomic E-state index is 11.0. The number of hydrogen-bond acceptors (Lipinski definition) is 2. The molecule has 0 aromatic heterocycles. The SMILES string of the molecule is CCCCCCCC(CCC)CCCCCCCC(CC(=O)O)C(=O)O. The molecule has 0 spiro atoms. The summed E-state index contributed by atoms with van der Waals surface area (Å²) in [4.78, 5) is 21.7. The van der Waals surface area contributed by atoms with Gasteiger partial charge in [0.1, 0.15) is 0 Å². The lowest BCUT2D eigenvalue weighted by molar-refractivity contribution is -0.148. The van der Waals surface area contributed by atoms with Crippen LogP contribution in [0.15, 0.2) is 0 Å². The molecule has 0 radical (unpaired) electrons. The van der Waals surface area contributed by atoms with Crippen LogP contribution in [0, 0.1) is 11.8 Å². The molecule has 0 aliphatic rings. The van der Waals surface area contributed by atoms with Gasteiger partial charge in [-0.1, -0.05) is 104 Å². The molecule has 0 rings (SSSR count). The van der Waals surface area contributed by atoms with E-state index in [-0.39, 0.29) is 6.42 Å². The van der Waals surface area contributed by atoms with E-state index < -0.39 is 17.9 Å². The monoisotopic (exact) mass is 370 g/mol. The summed E-state index contributed by atoms with van der Waals surface area (Å²) in [7, 11) is 0. The lowest BCUT2D eigenvalue weighted by atomic mass is 9.90. The summed E-state index contributed by atoms with van der Waals surface area (Å²) in [5, 5.41) is 17.8. The number of carboxylic acids is 2. The molecule has 0 amide bonds. The highest BCUT2D eigenvalue weighted by atomic mass is 16.4. The van der Waals surface area contributed by atoms with Crippen molar-refractivity contribution in [1.29, 1.82) is 0 Å². The predicted octanol–water partition coefficient (Wildman–Crippen LogP) is 6.67. The van der Waals surface area contributed by atoms with Gasteiger partial charge in [0.25, 0.3) is 0 Å². The molecular weight excluding hydrogens is 328 g/mol. The van der Waals surface area contributed by atoms with Crippen molar-refractivity contribution >= 4 is 11.9 Å². The lowest BCUT2D eigenvalue weighted by Gasteiger charge is -2.16. The Hall–Kier alpha value is -1.06. The van der Waals surface area contributed by atoms with E-state index in [9.17, 15) is 9.59 Å². The smallest absolute Gasteiger partial charge is 0.307 e. The minimum absolute atomic E-state index is 0.258. The van der Waals surface area contributed by atoms with E-state index in [0.29, 0.717) is 6.42 Å². The third-order valence-corrected chi connectivity index (χ3v) is 5.35. The van der Waals surface area contributed by atoms with E-state index in [2.05, 4.69) is 13.8 Å². The number of carbonyl (C=O) groups is 2. The average Bonchev–Trinajstić information content (AvgIpc) is 2.59. The van der Waals surface area contributed by atoms with Crippen molar-refractivity contribution in [2.45, 2.75) is 117 Å². The van der Waals surface area contributed by atoms with Crippen molar-refractivity contribution in [3.05, 3.63) is 0 Å². The van der Waals surface area contributed by atoms with E-state index in [4.69, 9.17) is 10.2 Å². The van der Waals surface area contributed by atoms with Crippen molar-refractivity contribution in [2.75, 3.05) is 0 Å². The Labute approximate surface area is 160 Å². The minimum atomic E-state index is -1.02. The fourth-order valence-electron chi connectivity index (χ4n) is 3.76. The van der Waals surface area contributed by atoms with Gasteiger partial charge in [0, 0.05) is 0 Å². The second kappa shape index (κ2) is 17.4. The van der Waals surface area contributed by atoms with Gasteiger partial charge in [-0.05, 0) is 12.3 Å². The van der Waals surface area contributed by atoms with Crippen LogP contribution in [0.3, 0.4) is 0 Å². The number of hydrogen-bond donors (Lipinski definition) is 2. The van der Waals surface area contributed by atoms with Gasteiger partial charge in [-0.15, -0.1) is 0 Å². The van der Waals surface area contributed by atoms with Gasteiger partial charge in [0.15, 0.2) is 0 Å². The second-order valence-electron chi connectivity index (χ2n) is 7.84. The Kier molecular flexibility index (Phi) is 16.7. The molecule has 154 valence electrons. The number of aliphatic carboxylic acids is 2. The van der Waals surface area contributed by atoms with Crippen LogP contribution >= 0.6 is 0 Å². The molecule has 0 aromatic rings. The normalized spacial score (nSPS) is 13.5. The van der Waals surface area contributed by atoms with E-state index in [1.54, 1.807) is 0 Å². The summed E-state index contributed by atoms with van der Waals surface area (Å²) in [5.74, 6) is -1.84. The first kappa shape index (κ1) is 24.9. The van der Waals surface area contributed by atoms with Gasteiger partial charge in [0.05, 0.1) is 12.3 Å². The Morgan fingerprint density at radius 3 is 1.62 bits per heavy atom. The molecule has 0 saturated carbocycles. The van der Waals surface area contributed by atoms with Crippen LogP contribution < -0.4 is 0 Å². The van der Waals surface area contributed by atoms with Crippen LogP contribution in [-0.2, 0) is 9.59 Å². The largest absolute Gasteiger partial charge is 0.481 e. The third kappa shape index (κ3) is 15.2. The van der Waals surface area contributed by atoms with Crippen molar-refractivity contribution in [3.8, 4) is 0 Å². The first-order valence-electron chi connectivity index (χ1n) is 11.0. The quantitative estimate of drug-likeness (QED) is 0.249. The molecule has 0 aromatic carbocycles. The molecule has 0 aliphatic carbocycles. The minimum Gasteiger partial charge on any atom is -0.481 e. The molecule has 0 bridgehead atoms. The molecule has 0 heterocycles. The zero-order valence-electron chi connectivity index (χ0n) is 17.2. The Balaban J connectivity index is 3.73. The van der Waals surface area contributed by atoms with Crippen molar-refractivity contribution in [2.24, 2.45) is 11.8 Å². The lowest BCUT2D eigenvalue weighted by Crippen LogP contribution is -2.17.